The van der Waals surface area contributed by atoms with Gasteiger partial charge in [0.25, 0.3) is 0 Å². The number of rotatable bonds is 5. The first-order valence-electron chi connectivity index (χ1n) is 11.8. The topological polar surface area (TPSA) is 54.0 Å². The van der Waals surface area contributed by atoms with Crippen molar-refractivity contribution >= 4 is 28.9 Å². The summed E-state index contributed by atoms with van der Waals surface area (Å²) >= 11 is 1.35. The minimum Gasteiger partial charge on any atom is -0.490 e. The van der Waals surface area contributed by atoms with Gasteiger partial charge in [-0.15, -0.1) is 0 Å². The van der Waals surface area contributed by atoms with E-state index in [1.807, 2.05) is 18.9 Å². The van der Waals surface area contributed by atoms with Crippen LogP contribution in [0.3, 0.4) is 0 Å². The number of nitrogens with zero attached hydrogens (tertiary/aromatic N) is 5. The average molecular weight is 474 g/mol. The molecule has 2 fully saturated rings. The molecule has 33 heavy (non-hydrogen) atoms. The second-order valence-corrected chi connectivity index (χ2v) is 9.79. The van der Waals surface area contributed by atoms with E-state index in [1.165, 1.54) is 11.5 Å². The molecule has 5 rings (SSSR count). The molecule has 2 saturated heterocycles. The molecule has 0 saturated carbocycles. The summed E-state index contributed by atoms with van der Waals surface area (Å²) in [7, 11) is 1.91. The fraction of sp³-hybridized carbons (Fsp3) is 0.583. The van der Waals surface area contributed by atoms with Crippen LogP contribution in [0.1, 0.15) is 35.4 Å². The van der Waals surface area contributed by atoms with Gasteiger partial charge in [0.15, 0.2) is 16.6 Å². The molecule has 7 nitrogen and oxygen atoms in total. The van der Waals surface area contributed by atoms with Gasteiger partial charge in [0.2, 0.25) is 5.95 Å². The van der Waals surface area contributed by atoms with Crippen molar-refractivity contribution in [1.29, 1.82) is 0 Å². The van der Waals surface area contributed by atoms with E-state index in [2.05, 4.69) is 20.8 Å². The summed E-state index contributed by atoms with van der Waals surface area (Å²) in [6.07, 6.45) is 3.98. The van der Waals surface area contributed by atoms with Crippen molar-refractivity contribution in [2.24, 2.45) is 0 Å². The smallest absolute Gasteiger partial charge is 0.237 e. The Morgan fingerprint density at radius 3 is 2.73 bits per heavy atom. The van der Waals surface area contributed by atoms with Gasteiger partial charge in [0, 0.05) is 69.8 Å². The lowest BCUT2D eigenvalue weighted by Crippen LogP contribution is -2.51. The van der Waals surface area contributed by atoms with Gasteiger partial charge in [0.05, 0.1) is 12.3 Å². The SMILES string of the molecule is C=C(c1nc(N2CCN(C3CCOCC3)CC2)ns1)N(C)c1cc(F)c2c(c1C)CCCO2. The van der Waals surface area contributed by atoms with Crippen molar-refractivity contribution < 1.29 is 13.9 Å². The lowest BCUT2D eigenvalue weighted by molar-refractivity contribution is 0.0320. The van der Waals surface area contributed by atoms with Crippen LogP contribution in [0.5, 0.6) is 5.75 Å². The summed E-state index contributed by atoms with van der Waals surface area (Å²) in [5.41, 5.74) is 3.50. The lowest BCUT2D eigenvalue weighted by Gasteiger charge is -2.40. The molecule has 0 spiro atoms. The predicted octanol–water partition coefficient (Wildman–Crippen LogP) is 3.72. The first kappa shape index (κ1) is 22.6. The highest BCUT2D eigenvalue weighted by Gasteiger charge is 2.28. The predicted molar refractivity (Wildman–Crippen MR) is 130 cm³/mol. The molecule has 1 aromatic heterocycles. The van der Waals surface area contributed by atoms with Crippen molar-refractivity contribution in [2.75, 3.05) is 62.8 Å². The Hall–Kier alpha value is -2.23. The van der Waals surface area contributed by atoms with Crippen LogP contribution in [0, 0.1) is 12.7 Å². The molecule has 3 aliphatic rings. The first-order valence-corrected chi connectivity index (χ1v) is 12.6. The Labute approximate surface area is 199 Å². The highest BCUT2D eigenvalue weighted by atomic mass is 32.1. The second-order valence-electron chi connectivity index (χ2n) is 9.03. The zero-order valence-corrected chi connectivity index (χ0v) is 20.3. The van der Waals surface area contributed by atoms with E-state index in [9.17, 15) is 4.39 Å². The summed E-state index contributed by atoms with van der Waals surface area (Å²) in [5, 5.41) is 0.758. The number of benzene rings is 1. The molecule has 1 aromatic carbocycles. The molecule has 0 unspecified atom stereocenters. The largest absolute Gasteiger partial charge is 0.490 e. The Morgan fingerprint density at radius 1 is 1.21 bits per heavy atom. The maximum absolute atomic E-state index is 14.7. The Balaban J connectivity index is 1.26. The minimum absolute atomic E-state index is 0.315. The molecule has 3 aliphatic heterocycles. The fourth-order valence-electron chi connectivity index (χ4n) is 5.08. The van der Waals surface area contributed by atoms with Crippen LogP contribution < -0.4 is 14.5 Å². The van der Waals surface area contributed by atoms with Gasteiger partial charge in [-0.05, 0) is 49.7 Å². The van der Waals surface area contributed by atoms with E-state index in [0.29, 0.717) is 18.4 Å². The van der Waals surface area contributed by atoms with Crippen molar-refractivity contribution in [2.45, 2.75) is 38.6 Å². The van der Waals surface area contributed by atoms with Crippen molar-refractivity contribution in [3.63, 3.8) is 0 Å². The zero-order chi connectivity index (χ0) is 22.9. The van der Waals surface area contributed by atoms with E-state index >= 15 is 0 Å². The molecule has 0 atom stereocenters. The summed E-state index contributed by atoms with van der Waals surface area (Å²) in [5.74, 6) is 0.850. The number of ether oxygens (including phenoxy) is 2. The maximum Gasteiger partial charge on any atom is 0.237 e. The third kappa shape index (κ3) is 4.46. The van der Waals surface area contributed by atoms with Gasteiger partial charge >= 0.3 is 0 Å². The van der Waals surface area contributed by atoms with Gasteiger partial charge < -0.3 is 19.3 Å². The van der Waals surface area contributed by atoms with Crippen LogP contribution in [0.4, 0.5) is 16.0 Å². The number of anilines is 2. The van der Waals surface area contributed by atoms with Gasteiger partial charge in [-0.2, -0.15) is 9.36 Å². The van der Waals surface area contributed by atoms with Gasteiger partial charge in [0.1, 0.15) is 0 Å². The second kappa shape index (κ2) is 9.56. The quantitative estimate of drug-likeness (QED) is 0.656. The molecular weight excluding hydrogens is 441 g/mol. The lowest BCUT2D eigenvalue weighted by atomic mass is 9.98. The molecule has 0 N–H and O–H groups in total. The normalized spacial score (nSPS) is 19.8. The number of aromatic nitrogens is 2. The molecule has 0 aliphatic carbocycles. The molecule has 9 heteroatoms. The highest BCUT2D eigenvalue weighted by molar-refractivity contribution is 7.06. The van der Waals surface area contributed by atoms with Crippen LogP contribution in [-0.2, 0) is 11.2 Å². The van der Waals surface area contributed by atoms with Crippen LogP contribution in [0.25, 0.3) is 5.70 Å². The van der Waals surface area contributed by atoms with Crippen LogP contribution in [0.15, 0.2) is 12.6 Å². The molecule has 2 aromatic rings. The Bertz CT molecular complexity index is 1010. The highest BCUT2D eigenvalue weighted by Crippen LogP contribution is 2.38. The van der Waals surface area contributed by atoms with E-state index in [-0.39, 0.29) is 5.82 Å². The molecule has 0 radical (unpaired) electrons. The molecule has 178 valence electrons. The molecule has 0 bridgehead atoms. The number of fused-ring (bicyclic) bond motifs is 1. The standard InChI is InChI=1S/C24H32FN5O2S/c1-16-19-5-4-12-32-22(19)20(25)15-21(16)28(3)17(2)23-26-24(27-33-23)30-10-8-29(9-11-30)18-6-13-31-14-7-18/h15,18H,2,4-14H2,1,3H3. The molecule has 4 heterocycles. The van der Waals surface area contributed by atoms with Gasteiger partial charge in [-0.1, -0.05) is 6.58 Å². The van der Waals surface area contributed by atoms with Crippen molar-refractivity contribution in [3.8, 4) is 5.75 Å². The monoisotopic (exact) mass is 473 g/mol. The van der Waals surface area contributed by atoms with E-state index < -0.39 is 0 Å². The van der Waals surface area contributed by atoms with Crippen molar-refractivity contribution in [1.82, 2.24) is 14.3 Å². The Kier molecular flexibility index (Phi) is 6.53. The number of halogens is 1. The summed E-state index contributed by atoms with van der Waals surface area (Å²) in [6, 6.07) is 2.18. The van der Waals surface area contributed by atoms with Gasteiger partial charge in [-0.25, -0.2) is 4.39 Å². The van der Waals surface area contributed by atoms with Crippen LogP contribution in [0.2, 0.25) is 0 Å². The third-order valence-electron chi connectivity index (χ3n) is 7.14. The van der Waals surface area contributed by atoms with Crippen LogP contribution in [-0.4, -0.2) is 73.3 Å². The zero-order valence-electron chi connectivity index (χ0n) is 19.5. The fourth-order valence-corrected chi connectivity index (χ4v) is 5.77. The number of piperazine rings is 1. The van der Waals surface area contributed by atoms with E-state index in [1.54, 1.807) is 6.07 Å². The molecular formula is C24H32FN5O2S. The third-order valence-corrected chi connectivity index (χ3v) is 7.90. The summed E-state index contributed by atoms with van der Waals surface area (Å²) < 4.78 is 30.4. The Morgan fingerprint density at radius 2 is 1.97 bits per heavy atom. The summed E-state index contributed by atoms with van der Waals surface area (Å²) in [6.45, 7) is 12.5. The number of hydrogen-bond acceptors (Lipinski definition) is 8. The maximum atomic E-state index is 14.7. The minimum atomic E-state index is -0.315. The van der Waals surface area contributed by atoms with Gasteiger partial charge in [-0.3, -0.25) is 4.90 Å². The average Bonchev–Trinajstić information content (AvgIpc) is 3.36. The number of hydrogen-bond donors (Lipinski definition) is 0. The van der Waals surface area contributed by atoms with E-state index in [4.69, 9.17) is 14.5 Å². The van der Waals surface area contributed by atoms with E-state index in [0.717, 1.165) is 98.5 Å². The van der Waals surface area contributed by atoms with Crippen molar-refractivity contribution in [3.05, 3.63) is 34.6 Å². The summed E-state index contributed by atoms with van der Waals surface area (Å²) in [4.78, 5) is 11.5. The van der Waals surface area contributed by atoms with Crippen LogP contribution >= 0.6 is 11.5 Å². The first-order chi connectivity index (χ1) is 16.0. The molecule has 0 amide bonds.